The van der Waals surface area contributed by atoms with Gasteiger partial charge in [-0.15, -0.1) is 0 Å². The lowest BCUT2D eigenvalue weighted by atomic mass is 10.2. The Bertz CT molecular complexity index is 301. The van der Waals surface area contributed by atoms with Crippen LogP contribution in [0, 0.1) is 0 Å². The molecular formula is C12H20N4. The van der Waals surface area contributed by atoms with Gasteiger partial charge in [0.15, 0.2) is 0 Å². The first kappa shape index (κ1) is 11.5. The monoisotopic (exact) mass is 220 g/mol. The van der Waals surface area contributed by atoms with E-state index in [0.717, 1.165) is 32.0 Å². The molecule has 1 aliphatic rings. The molecule has 1 saturated heterocycles. The fraction of sp³-hybridized carbons (Fsp3) is 0.667. The van der Waals surface area contributed by atoms with E-state index in [4.69, 9.17) is 0 Å². The van der Waals surface area contributed by atoms with E-state index in [2.05, 4.69) is 27.1 Å². The van der Waals surface area contributed by atoms with Crippen LogP contribution in [0.25, 0.3) is 0 Å². The molecule has 0 aromatic carbocycles. The summed E-state index contributed by atoms with van der Waals surface area (Å²) in [4.78, 5) is 11.0. The summed E-state index contributed by atoms with van der Waals surface area (Å²) in [6.45, 7) is 6.49. The molecule has 1 unspecified atom stereocenters. The minimum Gasteiger partial charge on any atom is -0.313 e. The lowest BCUT2D eigenvalue weighted by molar-refractivity contribution is 0.251. The van der Waals surface area contributed by atoms with Gasteiger partial charge in [-0.2, -0.15) is 0 Å². The van der Waals surface area contributed by atoms with Crippen molar-refractivity contribution in [1.29, 1.82) is 0 Å². The number of aromatic nitrogens is 2. The Kier molecular flexibility index (Phi) is 4.25. The van der Waals surface area contributed by atoms with Gasteiger partial charge in [0.25, 0.3) is 0 Å². The van der Waals surface area contributed by atoms with E-state index in [1.807, 2.05) is 18.5 Å². The van der Waals surface area contributed by atoms with Gasteiger partial charge >= 0.3 is 0 Å². The summed E-state index contributed by atoms with van der Waals surface area (Å²) in [6.07, 6.45) is 6.03. The third-order valence-corrected chi connectivity index (χ3v) is 3.04. The molecule has 1 atom stereocenters. The standard InChI is InChI=1S/C12H20N4/c1-2-11-9-16(8-4-7-13-11)10-12-14-5-3-6-15-12/h3,5-6,11,13H,2,4,7-10H2,1H3. The fourth-order valence-electron chi connectivity index (χ4n) is 2.11. The zero-order valence-electron chi connectivity index (χ0n) is 9.89. The van der Waals surface area contributed by atoms with Gasteiger partial charge in [-0.05, 0) is 32.0 Å². The fourth-order valence-corrected chi connectivity index (χ4v) is 2.11. The third kappa shape index (κ3) is 3.25. The van der Waals surface area contributed by atoms with E-state index in [0.29, 0.717) is 6.04 Å². The van der Waals surface area contributed by atoms with Crippen molar-refractivity contribution >= 4 is 0 Å². The van der Waals surface area contributed by atoms with Crippen molar-refractivity contribution in [2.24, 2.45) is 0 Å². The van der Waals surface area contributed by atoms with Gasteiger partial charge in [-0.1, -0.05) is 6.92 Å². The van der Waals surface area contributed by atoms with Crippen LogP contribution in [0.1, 0.15) is 25.6 Å². The Morgan fingerprint density at radius 3 is 3.00 bits per heavy atom. The molecule has 0 bridgehead atoms. The van der Waals surface area contributed by atoms with Crippen LogP contribution in [-0.4, -0.2) is 40.5 Å². The van der Waals surface area contributed by atoms with Crippen molar-refractivity contribution in [3.05, 3.63) is 24.3 Å². The zero-order chi connectivity index (χ0) is 11.2. The molecule has 1 aromatic heterocycles. The molecule has 0 aliphatic carbocycles. The summed E-state index contributed by atoms with van der Waals surface area (Å²) in [6, 6.07) is 2.48. The van der Waals surface area contributed by atoms with E-state index in [1.165, 1.54) is 12.8 Å². The van der Waals surface area contributed by atoms with Crippen LogP contribution >= 0.6 is 0 Å². The predicted octanol–water partition coefficient (Wildman–Crippen LogP) is 1.05. The van der Waals surface area contributed by atoms with Crippen molar-refractivity contribution in [2.75, 3.05) is 19.6 Å². The largest absolute Gasteiger partial charge is 0.313 e. The van der Waals surface area contributed by atoms with Crippen LogP contribution in [0.15, 0.2) is 18.5 Å². The molecular weight excluding hydrogens is 200 g/mol. The van der Waals surface area contributed by atoms with Gasteiger partial charge in [0, 0.05) is 25.0 Å². The van der Waals surface area contributed by atoms with Crippen molar-refractivity contribution in [2.45, 2.75) is 32.4 Å². The number of hydrogen-bond acceptors (Lipinski definition) is 4. The van der Waals surface area contributed by atoms with Gasteiger partial charge in [0.1, 0.15) is 5.82 Å². The molecule has 0 saturated carbocycles. The molecule has 1 N–H and O–H groups in total. The highest BCUT2D eigenvalue weighted by molar-refractivity contribution is 4.89. The Morgan fingerprint density at radius 2 is 2.25 bits per heavy atom. The quantitative estimate of drug-likeness (QED) is 0.826. The lowest BCUT2D eigenvalue weighted by Gasteiger charge is -2.22. The molecule has 1 aliphatic heterocycles. The predicted molar refractivity (Wildman–Crippen MR) is 64.0 cm³/mol. The number of nitrogens with zero attached hydrogens (tertiary/aromatic N) is 3. The second-order valence-corrected chi connectivity index (χ2v) is 4.31. The minimum absolute atomic E-state index is 0.617. The molecule has 2 heterocycles. The zero-order valence-corrected chi connectivity index (χ0v) is 9.89. The first-order valence-corrected chi connectivity index (χ1v) is 6.10. The van der Waals surface area contributed by atoms with Gasteiger partial charge in [-0.25, -0.2) is 9.97 Å². The summed E-state index contributed by atoms with van der Waals surface area (Å²) in [5.41, 5.74) is 0. The second-order valence-electron chi connectivity index (χ2n) is 4.31. The van der Waals surface area contributed by atoms with E-state index in [9.17, 15) is 0 Å². The van der Waals surface area contributed by atoms with Crippen LogP contribution in [-0.2, 0) is 6.54 Å². The maximum Gasteiger partial charge on any atom is 0.142 e. The highest BCUT2D eigenvalue weighted by atomic mass is 15.2. The molecule has 1 fully saturated rings. The minimum atomic E-state index is 0.617. The molecule has 0 amide bonds. The molecule has 0 radical (unpaired) electrons. The average Bonchev–Trinajstić information content (AvgIpc) is 2.55. The van der Waals surface area contributed by atoms with Gasteiger partial charge < -0.3 is 5.32 Å². The lowest BCUT2D eigenvalue weighted by Crippen LogP contribution is -2.37. The van der Waals surface area contributed by atoms with E-state index < -0.39 is 0 Å². The Labute approximate surface area is 97.1 Å². The van der Waals surface area contributed by atoms with E-state index in [1.54, 1.807) is 0 Å². The highest BCUT2D eigenvalue weighted by Crippen LogP contribution is 2.06. The first-order valence-electron chi connectivity index (χ1n) is 6.10. The molecule has 2 rings (SSSR count). The second kappa shape index (κ2) is 5.92. The molecule has 16 heavy (non-hydrogen) atoms. The van der Waals surface area contributed by atoms with Crippen LogP contribution in [0.3, 0.4) is 0 Å². The van der Waals surface area contributed by atoms with Gasteiger partial charge in [-0.3, -0.25) is 4.90 Å². The summed E-state index contributed by atoms with van der Waals surface area (Å²) < 4.78 is 0. The Hall–Kier alpha value is -1.00. The summed E-state index contributed by atoms with van der Waals surface area (Å²) in [5.74, 6) is 0.930. The molecule has 0 spiro atoms. The van der Waals surface area contributed by atoms with Gasteiger partial charge in [0.2, 0.25) is 0 Å². The van der Waals surface area contributed by atoms with E-state index >= 15 is 0 Å². The van der Waals surface area contributed by atoms with Crippen LogP contribution < -0.4 is 5.32 Å². The molecule has 88 valence electrons. The molecule has 4 heteroatoms. The number of hydrogen-bond donors (Lipinski definition) is 1. The van der Waals surface area contributed by atoms with Crippen molar-refractivity contribution in [3.63, 3.8) is 0 Å². The first-order chi connectivity index (χ1) is 7.88. The topological polar surface area (TPSA) is 41.1 Å². The Morgan fingerprint density at radius 1 is 1.44 bits per heavy atom. The summed E-state index contributed by atoms with van der Waals surface area (Å²) in [7, 11) is 0. The number of nitrogens with one attached hydrogen (secondary N) is 1. The van der Waals surface area contributed by atoms with Crippen LogP contribution in [0.2, 0.25) is 0 Å². The SMILES string of the molecule is CCC1CN(Cc2ncccn2)CCCN1. The van der Waals surface area contributed by atoms with Gasteiger partial charge in [0.05, 0.1) is 6.54 Å². The van der Waals surface area contributed by atoms with Crippen LogP contribution in [0.5, 0.6) is 0 Å². The van der Waals surface area contributed by atoms with E-state index in [-0.39, 0.29) is 0 Å². The van der Waals surface area contributed by atoms with Crippen molar-refractivity contribution in [1.82, 2.24) is 20.2 Å². The smallest absolute Gasteiger partial charge is 0.142 e. The maximum absolute atomic E-state index is 4.28. The molecule has 1 aromatic rings. The summed E-state index contributed by atoms with van der Waals surface area (Å²) in [5, 5.41) is 3.56. The van der Waals surface area contributed by atoms with Crippen LogP contribution in [0.4, 0.5) is 0 Å². The normalized spacial score (nSPS) is 22.9. The maximum atomic E-state index is 4.28. The highest BCUT2D eigenvalue weighted by Gasteiger charge is 2.16. The average molecular weight is 220 g/mol. The number of rotatable bonds is 3. The molecule has 4 nitrogen and oxygen atoms in total. The Balaban J connectivity index is 1.93. The summed E-state index contributed by atoms with van der Waals surface area (Å²) >= 11 is 0. The third-order valence-electron chi connectivity index (χ3n) is 3.04. The van der Waals surface area contributed by atoms with Crippen molar-refractivity contribution in [3.8, 4) is 0 Å². The van der Waals surface area contributed by atoms with Crippen molar-refractivity contribution < 1.29 is 0 Å².